The molecular formula is C13H21NO2. The van der Waals surface area contributed by atoms with E-state index in [0.717, 1.165) is 38.4 Å². The molecule has 1 saturated heterocycles. The van der Waals surface area contributed by atoms with Crippen LogP contribution in [0.3, 0.4) is 0 Å². The van der Waals surface area contributed by atoms with Crippen LogP contribution in [0.2, 0.25) is 0 Å². The number of ether oxygens (including phenoxy) is 1. The van der Waals surface area contributed by atoms with Gasteiger partial charge in [-0.3, -0.25) is 4.90 Å². The number of benzene rings is 1. The average molecular weight is 223 g/mol. The van der Waals surface area contributed by atoms with Crippen molar-refractivity contribution in [3.63, 3.8) is 0 Å². The van der Waals surface area contributed by atoms with Crippen molar-refractivity contribution in [1.82, 2.24) is 4.90 Å². The molecule has 1 aromatic rings. The van der Waals surface area contributed by atoms with Gasteiger partial charge in [-0.25, -0.2) is 0 Å². The molecular weight excluding hydrogens is 202 g/mol. The van der Waals surface area contributed by atoms with Gasteiger partial charge in [0, 0.05) is 19.6 Å². The van der Waals surface area contributed by atoms with E-state index in [1.807, 2.05) is 32.0 Å². The van der Waals surface area contributed by atoms with Gasteiger partial charge in [-0.05, 0) is 17.7 Å². The van der Waals surface area contributed by atoms with Crippen molar-refractivity contribution in [3.8, 4) is 5.75 Å². The van der Waals surface area contributed by atoms with Crippen LogP contribution < -0.4 is 0 Å². The van der Waals surface area contributed by atoms with Crippen LogP contribution in [-0.4, -0.2) is 36.3 Å². The van der Waals surface area contributed by atoms with Gasteiger partial charge in [-0.2, -0.15) is 0 Å². The second-order valence-electron chi connectivity index (χ2n) is 3.56. The topological polar surface area (TPSA) is 32.7 Å². The van der Waals surface area contributed by atoms with E-state index in [0.29, 0.717) is 5.75 Å². The Kier molecular flexibility index (Phi) is 5.90. The molecule has 0 atom stereocenters. The molecule has 0 amide bonds. The molecule has 16 heavy (non-hydrogen) atoms. The Morgan fingerprint density at radius 1 is 1.25 bits per heavy atom. The predicted molar refractivity (Wildman–Crippen MR) is 65.6 cm³/mol. The summed E-state index contributed by atoms with van der Waals surface area (Å²) in [5.41, 5.74) is 1.16. The third kappa shape index (κ3) is 4.21. The minimum atomic E-state index is 0.343. The van der Waals surface area contributed by atoms with Crippen molar-refractivity contribution in [2.75, 3.05) is 26.3 Å². The quantitative estimate of drug-likeness (QED) is 0.834. The number of aromatic hydroxyl groups is 1. The van der Waals surface area contributed by atoms with Gasteiger partial charge >= 0.3 is 0 Å². The van der Waals surface area contributed by atoms with Gasteiger partial charge in [-0.15, -0.1) is 0 Å². The molecule has 0 aliphatic carbocycles. The van der Waals surface area contributed by atoms with E-state index in [2.05, 4.69) is 4.90 Å². The van der Waals surface area contributed by atoms with Crippen LogP contribution in [0.5, 0.6) is 5.75 Å². The molecule has 90 valence electrons. The lowest BCUT2D eigenvalue weighted by atomic mass is 10.2. The van der Waals surface area contributed by atoms with Crippen molar-refractivity contribution < 1.29 is 9.84 Å². The monoisotopic (exact) mass is 223 g/mol. The number of hydrogen-bond donors (Lipinski definition) is 1. The van der Waals surface area contributed by atoms with E-state index in [-0.39, 0.29) is 0 Å². The maximum absolute atomic E-state index is 9.30. The first-order chi connectivity index (χ1) is 7.84. The summed E-state index contributed by atoms with van der Waals surface area (Å²) in [4.78, 5) is 2.33. The molecule has 0 saturated carbocycles. The molecule has 1 aliphatic rings. The molecule has 1 aliphatic heterocycles. The molecule has 0 aromatic heterocycles. The van der Waals surface area contributed by atoms with Gasteiger partial charge in [0.1, 0.15) is 5.75 Å². The Hall–Kier alpha value is -1.06. The first kappa shape index (κ1) is 13.0. The average Bonchev–Trinajstić information content (AvgIpc) is 2.33. The number of rotatable bonds is 2. The number of nitrogens with zero attached hydrogens (tertiary/aromatic N) is 1. The predicted octanol–water partition coefficient (Wildman–Crippen LogP) is 2.25. The minimum absolute atomic E-state index is 0.343. The lowest BCUT2D eigenvalue weighted by molar-refractivity contribution is 0.0342. The standard InChI is InChI=1S/C11H15NO2.C2H6/c13-11-3-1-2-10(8-11)9-12-4-6-14-7-5-12;1-2/h1-3,8,13H,4-7,9H2;1-2H3. The van der Waals surface area contributed by atoms with E-state index in [4.69, 9.17) is 4.74 Å². The Balaban J connectivity index is 0.000000606. The fraction of sp³-hybridized carbons (Fsp3) is 0.538. The first-order valence-corrected chi connectivity index (χ1v) is 5.92. The van der Waals surface area contributed by atoms with Crippen LogP contribution >= 0.6 is 0 Å². The summed E-state index contributed by atoms with van der Waals surface area (Å²) in [5.74, 6) is 0.343. The lowest BCUT2D eigenvalue weighted by Crippen LogP contribution is -2.35. The van der Waals surface area contributed by atoms with Crippen LogP contribution in [0, 0.1) is 0 Å². The van der Waals surface area contributed by atoms with Crippen molar-refractivity contribution in [2.45, 2.75) is 20.4 Å². The molecule has 0 bridgehead atoms. The summed E-state index contributed by atoms with van der Waals surface area (Å²) in [5, 5.41) is 9.30. The second-order valence-corrected chi connectivity index (χ2v) is 3.56. The highest BCUT2D eigenvalue weighted by Gasteiger charge is 2.10. The largest absolute Gasteiger partial charge is 0.508 e. The van der Waals surface area contributed by atoms with Crippen LogP contribution in [0.15, 0.2) is 24.3 Å². The molecule has 1 N–H and O–H groups in total. The summed E-state index contributed by atoms with van der Waals surface area (Å²) in [7, 11) is 0. The van der Waals surface area contributed by atoms with Gasteiger partial charge in [0.05, 0.1) is 13.2 Å². The minimum Gasteiger partial charge on any atom is -0.508 e. The van der Waals surface area contributed by atoms with Crippen molar-refractivity contribution in [2.24, 2.45) is 0 Å². The molecule has 3 heteroatoms. The summed E-state index contributed by atoms with van der Waals surface area (Å²) in [6.45, 7) is 8.50. The summed E-state index contributed by atoms with van der Waals surface area (Å²) in [6, 6.07) is 7.43. The third-order valence-electron chi connectivity index (χ3n) is 2.42. The number of morpholine rings is 1. The molecule has 3 nitrogen and oxygen atoms in total. The van der Waals surface area contributed by atoms with Crippen LogP contribution in [0.4, 0.5) is 0 Å². The van der Waals surface area contributed by atoms with Crippen molar-refractivity contribution in [3.05, 3.63) is 29.8 Å². The van der Waals surface area contributed by atoms with Gasteiger partial charge in [0.2, 0.25) is 0 Å². The molecule has 0 radical (unpaired) electrons. The normalized spacial score (nSPS) is 16.4. The molecule has 1 aromatic carbocycles. The highest BCUT2D eigenvalue weighted by molar-refractivity contribution is 5.26. The second kappa shape index (κ2) is 7.25. The van der Waals surface area contributed by atoms with Crippen LogP contribution in [0.1, 0.15) is 19.4 Å². The van der Waals surface area contributed by atoms with E-state index >= 15 is 0 Å². The lowest BCUT2D eigenvalue weighted by Gasteiger charge is -2.26. The zero-order valence-corrected chi connectivity index (χ0v) is 10.1. The van der Waals surface area contributed by atoms with Crippen LogP contribution in [0.25, 0.3) is 0 Å². The maximum Gasteiger partial charge on any atom is 0.115 e. The summed E-state index contributed by atoms with van der Waals surface area (Å²) in [6.07, 6.45) is 0. The fourth-order valence-electron chi connectivity index (χ4n) is 1.67. The Labute approximate surface area is 97.7 Å². The molecule has 1 fully saturated rings. The van der Waals surface area contributed by atoms with E-state index in [9.17, 15) is 5.11 Å². The van der Waals surface area contributed by atoms with Gasteiger partial charge < -0.3 is 9.84 Å². The molecule has 0 spiro atoms. The first-order valence-electron chi connectivity index (χ1n) is 5.92. The molecule has 2 rings (SSSR count). The van der Waals surface area contributed by atoms with Gasteiger partial charge in [0.25, 0.3) is 0 Å². The van der Waals surface area contributed by atoms with Gasteiger partial charge in [0.15, 0.2) is 0 Å². The molecule has 0 unspecified atom stereocenters. The van der Waals surface area contributed by atoms with E-state index in [1.165, 1.54) is 0 Å². The Morgan fingerprint density at radius 2 is 1.94 bits per heavy atom. The van der Waals surface area contributed by atoms with E-state index in [1.54, 1.807) is 6.07 Å². The summed E-state index contributed by atoms with van der Waals surface area (Å²) >= 11 is 0. The Morgan fingerprint density at radius 3 is 2.56 bits per heavy atom. The maximum atomic E-state index is 9.30. The van der Waals surface area contributed by atoms with Crippen molar-refractivity contribution >= 4 is 0 Å². The third-order valence-corrected chi connectivity index (χ3v) is 2.42. The van der Waals surface area contributed by atoms with E-state index < -0.39 is 0 Å². The smallest absolute Gasteiger partial charge is 0.115 e. The zero-order chi connectivity index (χ0) is 11.8. The highest BCUT2D eigenvalue weighted by Crippen LogP contribution is 2.13. The van der Waals surface area contributed by atoms with Gasteiger partial charge in [-0.1, -0.05) is 26.0 Å². The zero-order valence-electron chi connectivity index (χ0n) is 10.1. The number of phenols is 1. The highest BCUT2D eigenvalue weighted by atomic mass is 16.5. The number of hydrogen-bond acceptors (Lipinski definition) is 3. The SMILES string of the molecule is CC.Oc1cccc(CN2CCOCC2)c1. The summed E-state index contributed by atoms with van der Waals surface area (Å²) < 4.78 is 5.27. The van der Waals surface area contributed by atoms with Crippen molar-refractivity contribution in [1.29, 1.82) is 0 Å². The number of phenolic OH excluding ortho intramolecular Hbond substituents is 1. The van der Waals surface area contributed by atoms with Crippen LogP contribution in [-0.2, 0) is 11.3 Å². The fourth-order valence-corrected chi connectivity index (χ4v) is 1.67. The molecule has 1 heterocycles. The Bertz CT molecular complexity index is 296.